The molecule has 4 rings (SSSR count). The summed E-state index contributed by atoms with van der Waals surface area (Å²) in [5.74, 6) is -3.17. The van der Waals surface area contributed by atoms with Crippen LogP contribution < -0.4 is 10.2 Å². The van der Waals surface area contributed by atoms with Crippen molar-refractivity contribution in [2.45, 2.75) is 0 Å². The van der Waals surface area contributed by atoms with Crippen LogP contribution in [0.3, 0.4) is 0 Å². The van der Waals surface area contributed by atoms with E-state index in [1.54, 1.807) is 0 Å². The Morgan fingerprint density at radius 2 is 1.69 bits per heavy atom. The molecule has 8 nitrogen and oxygen atoms in total. The first-order valence-electron chi connectivity index (χ1n) is 8.91. The van der Waals surface area contributed by atoms with Gasteiger partial charge in [0.25, 0.3) is 0 Å². The Labute approximate surface area is 189 Å². The molecule has 0 saturated carbocycles. The maximum Gasteiger partial charge on any atom is 0.336 e. The number of methoxy groups -OCH3 is 1. The maximum atomic E-state index is 12.1. The van der Waals surface area contributed by atoms with Crippen molar-refractivity contribution in [1.29, 1.82) is 0 Å². The topological polar surface area (TPSA) is 134 Å². The molecule has 0 spiro atoms. The van der Waals surface area contributed by atoms with Crippen molar-refractivity contribution < 1.29 is 34.1 Å². The van der Waals surface area contributed by atoms with E-state index in [1.807, 2.05) is 0 Å². The third-order valence-electron chi connectivity index (χ3n) is 4.95. The summed E-state index contributed by atoms with van der Waals surface area (Å²) in [5, 5.41) is 29.2. The van der Waals surface area contributed by atoms with Gasteiger partial charge in [-0.3, -0.25) is 4.79 Å². The highest BCUT2D eigenvalue weighted by Gasteiger charge is 2.27. The number of carboxylic acid groups (broad SMARTS) is 2. The summed E-state index contributed by atoms with van der Waals surface area (Å²) < 4.78 is 10.9. The van der Waals surface area contributed by atoms with Crippen LogP contribution in [0.15, 0.2) is 45.6 Å². The molecule has 0 unspecified atom stereocenters. The SMILES string of the molecule is COc1cc2c(-c3cc(C(=O)O)ccc3C(=O)O)c3ccc(=O)c(Cl)c-3oc2c(Cl)c1O. The number of benzene rings is 3. The van der Waals surface area contributed by atoms with Crippen LogP contribution in [0.1, 0.15) is 20.7 Å². The van der Waals surface area contributed by atoms with Crippen LogP contribution in [0, 0.1) is 0 Å². The second-order valence-electron chi connectivity index (χ2n) is 6.72. The fourth-order valence-electron chi connectivity index (χ4n) is 3.48. The standard InChI is InChI=1S/C22H12Cl2O8/c1-31-14-7-12-15(11-6-8(21(27)28)2-3-9(11)22(29)30)10-4-5-13(25)16(23)19(10)32-20(12)17(24)18(14)26/h2-7,26H,1H3,(H,27,28)(H,29,30). The van der Waals surface area contributed by atoms with Gasteiger partial charge >= 0.3 is 11.9 Å². The van der Waals surface area contributed by atoms with Gasteiger partial charge in [0, 0.05) is 16.5 Å². The van der Waals surface area contributed by atoms with Crippen molar-refractivity contribution in [3.05, 3.63) is 67.8 Å². The predicted molar refractivity (Wildman–Crippen MR) is 117 cm³/mol. The summed E-state index contributed by atoms with van der Waals surface area (Å²) >= 11 is 12.5. The average molecular weight is 475 g/mol. The van der Waals surface area contributed by atoms with Gasteiger partial charge in [-0.1, -0.05) is 23.2 Å². The number of rotatable bonds is 4. The Kier molecular flexibility index (Phi) is 5.20. The quantitative estimate of drug-likeness (QED) is 0.352. The number of phenolic OH excluding ortho intramolecular Hbond substituents is 1. The number of fused-ring (bicyclic) bond motifs is 2. The second kappa shape index (κ2) is 7.74. The Morgan fingerprint density at radius 1 is 0.969 bits per heavy atom. The molecule has 3 N–H and O–H groups in total. The van der Waals surface area contributed by atoms with Gasteiger partial charge in [0.1, 0.15) is 10.0 Å². The Morgan fingerprint density at radius 3 is 2.31 bits per heavy atom. The van der Waals surface area contributed by atoms with Gasteiger partial charge in [-0.05, 0) is 42.0 Å². The molecule has 0 saturated heterocycles. The summed E-state index contributed by atoms with van der Waals surface area (Å²) in [6.07, 6.45) is 0. The van der Waals surface area contributed by atoms with E-state index in [9.17, 15) is 29.7 Å². The smallest absolute Gasteiger partial charge is 0.336 e. The van der Waals surface area contributed by atoms with Crippen molar-refractivity contribution in [3.8, 4) is 33.9 Å². The van der Waals surface area contributed by atoms with Crippen molar-refractivity contribution in [2.24, 2.45) is 0 Å². The summed E-state index contributed by atoms with van der Waals surface area (Å²) in [7, 11) is 1.30. The molecule has 10 heteroatoms. The van der Waals surface area contributed by atoms with Gasteiger partial charge in [0.2, 0.25) is 5.43 Å². The molecule has 1 aliphatic heterocycles. The number of aromatic hydroxyl groups is 1. The van der Waals surface area contributed by atoms with E-state index >= 15 is 0 Å². The summed E-state index contributed by atoms with van der Waals surface area (Å²) in [6.45, 7) is 0. The fourth-order valence-corrected chi connectivity index (χ4v) is 3.92. The first kappa shape index (κ1) is 21.5. The lowest BCUT2D eigenvalue weighted by atomic mass is 9.89. The highest BCUT2D eigenvalue weighted by Crippen LogP contribution is 2.49. The summed E-state index contributed by atoms with van der Waals surface area (Å²) in [5.41, 5.74) is -0.608. The van der Waals surface area contributed by atoms with Gasteiger partial charge in [0.15, 0.2) is 22.8 Å². The van der Waals surface area contributed by atoms with E-state index in [1.165, 1.54) is 31.4 Å². The molecule has 2 aromatic rings. The highest BCUT2D eigenvalue weighted by atomic mass is 35.5. The minimum absolute atomic E-state index is 0.0155. The minimum Gasteiger partial charge on any atom is -0.503 e. The van der Waals surface area contributed by atoms with E-state index in [4.69, 9.17) is 32.4 Å². The molecule has 162 valence electrons. The van der Waals surface area contributed by atoms with Gasteiger partial charge in [0.05, 0.1) is 18.2 Å². The largest absolute Gasteiger partial charge is 0.503 e. The van der Waals surface area contributed by atoms with Crippen LogP contribution in [0.2, 0.25) is 10.0 Å². The Balaban J connectivity index is 2.32. The lowest BCUT2D eigenvalue weighted by Gasteiger charge is -2.19. The lowest BCUT2D eigenvalue weighted by Crippen LogP contribution is -2.07. The zero-order chi connectivity index (χ0) is 23.3. The summed E-state index contributed by atoms with van der Waals surface area (Å²) in [4.78, 5) is 35.7. The number of carboxylic acids is 2. The minimum atomic E-state index is -1.32. The number of hydrogen-bond donors (Lipinski definition) is 3. The normalized spacial score (nSPS) is 11.1. The van der Waals surface area contributed by atoms with Crippen LogP contribution in [-0.4, -0.2) is 34.4 Å². The highest BCUT2D eigenvalue weighted by molar-refractivity contribution is 6.38. The van der Waals surface area contributed by atoms with E-state index in [2.05, 4.69) is 0 Å². The molecule has 0 radical (unpaired) electrons. The molecule has 0 bridgehead atoms. The predicted octanol–water partition coefficient (Wildman–Crippen LogP) is 4.98. The second-order valence-corrected chi connectivity index (χ2v) is 7.48. The maximum absolute atomic E-state index is 12.1. The van der Waals surface area contributed by atoms with E-state index < -0.39 is 23.1 Å². The summed E-state index contributed by atoms with van der Waals surface area (Å²) in [6, 6.07) is 7.43. The number of ether oxygens (including phenoxy) is 1. The van der Waals surface area contributed by atoms with Gasteiger partial charge < -0.3 is 24.5 Å². The van der Waals surface area contributed by atoms with Crippen molar-refractivity contribution in [2.75, 3.05) is 7.11 Å². The third kappa shape index (κ3) is 3.21. The molecule has 2 aliphatic rings. The zero-order valence-corrected chi connectivity index (χ0v) is 17.6. The van der Waals surface area contributed by atoms with Gasteiger partial charge in [-0.25, -0.2) is 9.59 Å². The van der Waals surface area contributed by atoms with Crippen LogP contribution in [0.25, 0.3) is 33.4 Å². The number of aromatic carboxylic acids is 2. The molecule has 1 aliphatic carbocycles. The molecule has 2 aromatic carbocycles. The lowest BCUT2D eigenvalue weighted by molar-refractivity contribution is 0.0682. The molecule has 0 amide bonds. The molecule has 0 fully saturated rings. The number of carbonyl (C=O) groups is 2. The van der Waals surface area contributed by atoms with Crippen LogP contribution in [0.4, 0.5) is 0 Å². The van der Waals surface area contributed by atoms with Crippen molar-refractivity contribution in [3.63, 3.8) is 0 Å². The number of halogens is 2. The zero-order valence-electron chi connectivity index (χ0n) is 16.1. The van der Waals surface area contributed by atoms with Crippen LogP contribution in [0.5, 0.6) is 11.5 Å². The molecule has 1 heterocycles. The van der Waals surface area contributed by atoms with Crippen molar-refractivity contribution in [1.82, 2.24) is 0 Å². The molecular formula is C22H12Cl2O8. The Hall–Kier alpha value is -3.75. The van der Waals surface area contributed by atoms with Crippen molar-refractivity contribution >= 4 is 46.1 Å². The van der Waals surface area contributed by atoms with E-state index in [-0.39, 0.29) is 60.3 Å². The first-order valence-corrected chi connectivity index (χ1v) is 9.66. The van der Waals surface area contributed by atoms with Crippen LogP contribution in [-0.2, 0) is 0 Å². The molecule has 0 aromatic heterocycles. The number of hydrogen-bond acceptors (Lipinski definition) is 6. The van der Waals surface area contributed by atoms with Gasteiger partial charge in [-0.15, -0.1) is 0 Å². The van der Waals surface area contributed by atoms with Gasteiger partial charge in [-0.2, -0.15) is 0 Å². The average Bonchev–Trinajstić information content (AvgIpc) is 2.77. The molecular weight excluding hydrogens is 463 g/mol. The monoisotopic (exact) mass is 474 g/mol. The number of phenols is 1. The Bertz CT molecular complexity index is 1470. The fraction of sp³-hybridized carbons (Fsp3) is 0.0455. The van der Waals surface area contributed by atoms with Crippen LogP contribution >= 0.6 is 23.2 Å². The van der Waals surface area contributed by atoms with E-state index in [0.717, 1.165) is 12.1 Å². The van der Waals surface area contributed by atoms with E-state index in [0.29, 0.717) is 0 Å². The first-order chi connectivity index (χ1) is 15.1. The molecule has 0 atom stereocenters. The third-order valence-corrected chi connectivity index (χ3v) is 5.66. The molecule has 32 heavy (non-hydrogen) atoms.